The van der Waals surface area contributed by atoms with Crippen LogP contribution >= 0.6 is 0 Å². The second kappa shape index (κ2) is 9.06. The van der Waals surface area contributed by atoms with Crippen molar-refractivity contribution in [2.45, 2.75) is 124 Å². The molecule has 140 valence electrons. The van der Waals surface area contributed by atoms with Crippen molar-refractivity contribution in [2.24, 2.45) is 0 Å². The highest BCUT2D eigenvalue weighted by molar-refractivity contribution is 5.28. The summed E-state index contributed by atoms with van der Waals surface area (Å²) in [7, 11) is 0. The second-order valence-electron chi connectivity index (χ2n) is 9.01. The molecule has 1 aromatic heterocycles. The summed E-state index contributed by atoms with van der Waals surface area (Å²) in [5.74, 6) is 1.77. The minimum atomic E-state index is 0.135. The van der Waals surface area contributed by atoms with Gasteiger partial charge in [-0.15, -0.1) is 0 Å². The summed E-state index contributed by atoms with van der Waals surface area (Å²) in [5.41, 5.74) is 3.01. The highest BCUT2D eigenvalue weighted by atomic mass is 15.0. The zero-order valence-corrected chi connectivity index (χ0v) is 17.7. The van der Waals surface area contributed by atoms with Crippen molar-refractivity contribution in [1.82, 2.24) is 9.97 Å². The van der Waals surface area contributed by atoms with Crippen molar-refractivity contribution in [1.29, 1.82) is 0 Å². The van der Waals surface area contributed by atoms with Crippen LogP contribution in [0.2, 0.25) is 0 Å². The van der Waals surface area contributed by atoms with Crippen LogP contribution in [0.5, 0.6) is 0 Å². The van der Waals surface area contributed by atoms with Gasteiger partial charge in [0.2, 0.25) is 0 Å². The molecular weight excluding hydrogens is 292 g/mol. The summed E-state index contributed by atoms with van der Waals surface area (Å²) in [5, 5.41) is 0. The van der Waals surface area contributed by atoms with Crippen LogP contribution in [-0.2, 0) is 10.8 Å². The predicted molar refractivity (Wildman–Crippen MR) is 107 cm³/mol. The minimum absolute atomic E-state index is 0.135. The van der Waals surface area contributed by atoms with Gasteiger partial charge in [-0.1, -0.05) is 87.5 Å². The number of aromatic amines is 1. The molecule has 0 aliphatic carbocycles. The van der Waals surface area contributed by atoms with Crippen molar-refractivity contribution in [3.05, 3.63) is 17.2 Å². The largest absolute Gasteiger partial charge is 0.345 e. The van der Waals surface area contributed by atoms with Gasteiger partial charge in [-0.25, -0.2) is 4.98 Å². The molecule has 0 aromatic carbocycles. The number of rotatable bonds is 11. The average molecular weight is 335 g/mol. The molecule has 2 nitrogen and oxygen atoms in total. The third-order valence-electron chi connectivity index (χ3n) is 5.51. The number of imidazole rings is 1. The monoisotopic (exact) mass is 334 g/mol. The fourth-order valence-electron chi connectivity index (χ4n) is 3.84. The van der Waals surface area contributed by atoms with E-state index in [9.17, 15) is 0 Å². The fourth-order valence-corrected chi connectivity index (χ4v) is 3.84. The van der Waals surface area contributed by atoms with Crippen molar-refractivity contribution >= 4 is 0 Å². The van der Waals surface area contributed by atoms with Crippen molar-refractivity contribution in [3.8, 4) is 0 Å². The molecule has 0 amide bonds. The first-order valence-electron chi connectivity index (χ1n) is 10.3. The van der Waals surface area contributed by atoms with Gasteiger partial charge in [0, 0.05) is 16.5 Å². The first-order chi connectivity index (χ1) is 11.2. The van der Waals surface area contributed by atoms with E-state index in [-0.39, 0.29) is 10.8 Å². The lowest BCUT2D eigenvalue weighted by Gasteiger charge is -2.25. The highest BCUT2D eigenvalue weighted by Gasteiger charge is 2.32. The molecule has 1 N–H and O–H groups in total. The molecule has 24 heavy (non-hydrogen) atoms. The van der Waals surface area contributed by atoms with Crippen LogP contribution in [0.1, 0.15) is 130 Å². The zero-order chi connectivity index (χ0) is 18.4. The van der Waals surface area contributed by atoms with Crippen molar-refractivity contribution in [3.63, 3.8) is 0 Å². The topological polar surface area (TPSA) is 28.7 Å². The minimum Gasteiger partial charge on any atom is -0.345 e. The molecule has 0 aliphatic rings. The zero-order valence-electron chi connectivity index (χ0n) is 17.7. The fraction of sp³-hybridized carbons (Fsp3) is 0.864. The van der Waals surface area contributed by atoms with Crippen LogP contribution in [0.4, 0.5) is 0 Å². The Labute approximate surface area is 151 Å². The highest BCUT2D eigenvalue weighted by Crippen LogP contribution is 2.37. The molecule has 1 unspecified atom stereocenters. The van der Waals surface area contributed by atoms with Crippen LogP contribution < -0.4 is 0 Å². The third kappa shape index (κ3) is 5.36. The maximum absolute atomic E-state index is 5.20. The normalized spacial score (nSPS) is 14.2. The molecule has 0 bridgehead atoms. The van der Waals surface area contributed by atoms with Gasteiger partial charge in [0.15, 0.2) is 0 Å². The van der Waals surface area contributed by atoms with Gasteiger partial charge in [0.1, 0.15) is 5.82 Å². The summed E-state index contributed by atoms with van der Waals surface area (Å²) in [4.78, 5) is 8.99. The molecule has 0 radical (unpaired) electrons. The van der Waals surface area contributed by atoms with E-state index in [0.717, 1.165) is 0 Å². The standard InChI is InChI=1S/C22H42N2/c1-9-12-13-16-22(7,8)20-23-18(17(4)14-10-2)19(24-20)21(5,6)15-11-3/h17H,9-16H2,1-8H3,(H,23,24). The summed E-state index contributed by atoms with van der Waals surface area (Å²) < 4.78 is 0. The second-order valence-corrected chi connectivity index (χ2v) is 9.01. The molecule has 1 rings (SSSR count). The van der Waals surface area contributed by atoms with Crippen LogP contribution in [0.3, 0.4) is 0 Å². The number of hydrogen-bond donors (Lipinski definition) is 1. The molecule has 0 aliphatic heterocycles. The molecule has 1 heterocycles. The number of H-pyrrole nitrogens is 1. The maximum Gasteiger partial charge on any atom is 0.112 e. The van der Waals surface area contributed by atoms with Gasteiger partial charge in [-0.3, -0.25) is 0 Å². The van der Waals surface area contributed by atoms with Gasteiger partial charge in [-0.2, -0.15) is 0 Å². The number of hydrogen-bond acceptors (Lipinski definition) is 1. The molecule has 2 heteroatoms. The van der Waals surface area contributed by atoms with Gasteiger partial charge in [-0.05, 0) is 25.2 Å². The van der Waals surface area contributed by atoms with Gasteiger partial charge in [0.05, 0.1) is 5.69 Å². The summed E-state index contributed by atoms with van der Waals surface area (Å²) in [6.45, 7) is 18.6. The van der Waals surface area contributed by atoms with E-state index in [1.807, 2.05) is 0 Å². The Morgan fingerprint density at radius 1 is 0.875 bits per heavy atom. The number of nitrogens with zero attached hydrogens (tertiary/aromatic N) is 1. The molecule has 1 aromatic rings. The lowest BCUT2D eigenvalue weighted by atomic mass is 9.81. The smallest absolute Gasteiger partial charge is 0.112 e. The molecule has 0 saturated carbocycles. The van der Waals surface area contributed by atoms with Gasteiger partial charge < -0.3 is 4.98 Å². The van der Waals surface area contributed by atoms with Crippen LogP contribution in [-0.4, -0.2) is 9.97 Å². The number of aromatic nitrogens is 2. The first-order valence-corrected chi connectivity index (χ1v) is 10.3. The number of nitrogens with one attached hydrogen (secondary N) is 1. The lowest BCUT2D eigenvalue weighted by Crippen LogP contribution is -2.21. The van der Waals surface area contributed by atoms with Crippen molar-refractivity contribution in [2.75, 3.05) is 0 Å². The van der Waals surface area contributed by atoms with Crippen LogP contribution in [0, 0.1) is 0 Å². The lowest BCUT2D eigenvalue weighted by molar-refractivity contribution is 0.422. The Balaban J connectivity index is 3.20. The Morgan fingerprint density at radius 2 is 1.54 bits per heavy atom. The Bertz CT molecular complexity index is 482. The van der Waals surface area contributed by atoms with Gasteiger partial charge in [0.25, 0.3) is 0 Å². The summed E-state index contributed by atoms with van der Waals surface area (Å²) >= 11 is 0. The van der Waals surface area contributed by atoms with Crippen LogP contribution in [0.15, 0.2) is 0 Å². The molecule has 0 spiro atoms. The molecular formula is C22H42N2. The Hall–Kier alpha value is -0.790. The summed E-state index contributed by atoms with van der Waals surface area (Å²) in [6.07, 6.45) is 9.95. The summed E-state index contributed by atoms with van der Waals surface area (Å²) in [6, 6.07) is 0. The van der Waals surface area contributed by atoms with E-state index in [0.29, 0.717) is 5.92 Å². The quantitative estimate of drug-likeness (QED) is 0.424. The molecule has 1 atom stereocenters. The van der Waals surface area contributed by atoms with Crippen molar-refractivity contribution < 1.29 is 0 Å². The van der Waals surface area contributed by atoms with E-state index < -0.39 is 0 Å². The van der Waals surface area contributed by atoms with E-state index >= 15 is 0 Å². The predicted octanol–water partition coefficient (Wildman–Crippen LogP) is 7.25. The van der Waals surface area contributed by atoms with E-state index in [4.69, 9.17) is 4.98 Å². The van der Waals surface area contributed by atoms with Gasteiger partial charge >= 0.3 is 0 Å². The molecule has 0 fully saturated rings. The molecule has 0 saturated heterocycles. The number of unbranched alkanes of at least 4 members (excludes halogenated alkanes) is 2. The average Bonchev–Trinajstić information content (AvgIpc) is 2.94. The maximum atomic E-state index is 5.20. The van der Waals surface area contributed by atoms with E-state index in [1.54, 1.807) is 0 Å². The first kappa shape index (κ1) is 21.3. The Kier molecular flexibility index (Phi) is 8.02. The SMILES string of the molecule is CCCCCC(C)(C)c1nc(C(C)(C)CCC)c(C(C)CCC)[nH]1. The third-order valence-corrected chi connectivity index (χ3v) is 5.51. The van der Waals surface area contributed by atoms with E-state index in [2.05, 4.69) is 60.4 Å². The Morgan fingerprint density at radius 3 is 2.08 bits per heavy atom. The van der Waals surface area contributed by atoms with Crippen LogP contribution in [0.25, 0.3) is 0 Å². The van der Waals surface area contributed by atoms with E-state index in [1.165, 1.54) is 68.6 Å².